The summed E-state index contributed by atoms with van der Waals surface area (Å²) in [4.78, 5) is 15.7. The number of halogens is 4. The number of carbonyl (C=O) groups excluding carboxylic acids is 1. The van der Waals surface area contributed by atoms with Crippen LogP contribution in [0, 0.1) is 17.5 Å². The molecular formula is C15H18F3IN4O. The molecule has 0 unspecified atom stereocenters. The van der Waals surface area contributed by atoms with Crippen LogP contribution in [0.25, 0.3) is 0 Å². The fourth-order valence-electron chi connectivity index (χ4n) is 2.10. The van der Waals surface area contributed by atoms with E-state index in [1.165, 1.54) is 0 Å². The van der Waals surface area contributed by atoms with Gasteiger partial charge in [0.15, 0.2) is 23.4 Å². The number of benzene rings is 1. The summed E-state index contributed by atoms with van der Waals surface area (Å²) in [5.41, 5.74) is -0.418. The Balaban J connectivity index is 0.00000288. The molecule has 0 heterocycles. The van der Waals surface area contributed by atoms with Gasteiger partial charge in [-0.3, -0.25) is 9.79 Å². The Morgan fingerprint density at radius 3 is 2.50 bits per heavy atom. The van der Waals surface area contributed by atoms with E-state index in [0.717, 1.165) is 25.0 Å². The summed E-state index contributed by atoms with van der Waals surface area (Å²) in [6.45, 7) is -0.196. The number of aliphatic imine (C=N–C) groups is 1. The molecule has 0 radical (unpaired) electrons. The fourth-order valence-corrected chi connectivity index (χ4v) is 2.10. The van der Waals surface area contributed by atoms with Crippen LogP contribution >= 0.6 is 24.0 Å². The van der Waals surface area contributed by atoms with Crippen LogP contribution in [0.2, 0.25) is 0 Å². The van der Waals surface area contributed by atoms with Crippen molar-refractivity contribution < 1.29 is 18.0 Å². The number of nitrogens with one attached hydrogen (secondary N) is 3. The van der Waals surface area contributed by atoms with Crippen LogP contribution in [-0.4, -0.2) is 31.5 Å². The molecule has 1 aromatic carbocycles. The molecule has 0 spiro atoms. The lowest BCUT2D eigenvalue weighted by atomic mass is 10.2. The smallest absolute Gasteiger partial charge is 0.243 e. The summed E-state index contributed by atoms with van der Waals surface area (Å²) in [6.07, 6.45) is 5.83. The van der Waals surface area contributed by atoms with Crippen molar-refractivity contribution in [2.45, 2.75) is 18.9 Å². The summed E-state index contributed by atoms with van der Waals surface area (Å²) >= 11 is 0. The second-order valence-corrected chi connectivity index (χ2v) is 4.98. The summed E-state index contributed by atoms with van der Waals surface area (Å²) in [5.74, 6) is -4.55. The van der Waals surface area contributed by atoms with Crippen LogP contribution in [0.4, 0.5) is 18.9 Å². The largest absolute Gasteiger partial charge is 0.353 e. The minimum Gasteiger partial charge on any atom is -0.353 e. The van der Waals surface area contributed by atoms with Crippen LogP contribution in [0.3, 0.4) is 0 Å². The van der Waals surface area contributed by atoms with Crippen molar-refractivity contribution in [3.05, 3.63) is 41.7 Å². The van der Waals surface area contributed by atoms with Gasteiger partial charge in [0.2, 0.25) is 5.91 Å². The highest BCUT2D eigenvalue weighted by Gasteiger charge is 2.16. The van der Waals surface area contributed by atoms with E-state index in [1.54, 1.807) is 7.05 Å². The third-order valence-corrected chi connectivity index (χ3v) is 3.30. The Morgan fingerprint density at radius 2 is 1.88 bits per heavy atom. The van der Waals surface area contributed by atoms with Crippen LogP contribution in [0.15, 0.2) is 29.3 Å². The molecule has 0 atom stereocenters. The molecular weight excluding hydrogens is 436 g/mol. The molecule has 0 bridgehead atoms. The second kappa shape index (κ2) is 9.50. The summed E-state index contributed by atoms with van der Waals surface area (Å²) in [6, 6.07) is 1.92. The average molecular weight is 454 g/mol. The van der Waals surface area contributed by atoms with Crippen LogP contribution in [-0.2, 0) is 4.79 Å². The van der Waals surface area contributed by atoms with Gasteiger partial charge < -0.3 is 16.0 Å². The zero-order valence-electron chi connectivity index (χ0n) is 12.9. The van der Waals surface area contributed by atoms with Gasteiger partial charge in [-0.2, -0.15) is 0 Å². The van der Waals surface area contributed by atoms with Crippen molar-refractivity contribution >= 4 is 41.5 Å². The van der Waals surface area contributed by atoms with Crippen molar-refractivity contribution in [1.82, 2.24) is 10.6 Å². The predicted molar refractivity (Wildman–Crippen MR) is 97.0 cm³/mol. The van der Waals surface area contributed by atoms with Crippen molar-refractivity contribution in [2.24, 2.45) is 4.99 Å². The number of carbonyl (C=O) groups is 1. The Bertz CT molecular complexity index is 644. The molecule has 24 heavy (non-hydrogen) atoms. The van der Waals surface area contributed by atoms with Crippen LogP contribution < -0.4 is 16.0 Å². The summed E-state index contributed by atoms with van der Waals surface area (Å²) < 4.78 is 39.4. The molecule has 132 valence electrons. The van der Waals surface area contributed by atoms with E-state index in [9.17, 15) is 18.0 Å². The summed E-state index contributed by atoms with van der Waals surface area (Å²) in [7, 11) is 1.56. The van der Waals surface area contributed by atoms with Gasteiger partial charge in [0, 0.05) is 13.1 Å². The Labute approximate surface area is 154 Å². The predicted octanol–water partition coefficient (Wildman–Crippen LogP) is 2.54. The quantitative estimate of drug-likeness (QED) is 0.216. The van der Waals surface area contributed by atoms with Gasteiger partial charge in [0.1, 0.15) is 0 Å². The molecule has 1 aromatic rings. The lowest BCUT2D eigenvalue weighted by molar-refractivity contribution is -0.115. The summed E-state index contributed by atoms with van der Waals surface area (Å²) in [5, 5.41) is 8.07. The highest BCUT2D eigenvalue weighted by Crippen LogP contribution is 2.19. The molecule has 5 nitrogen and oxygen atoms in total. The average Bonchev–Trinajstić information content (AvgIpc) is 3.05. The third kappa shape index (κ3) is 5.39. The minimum absolute atomic E-state index is 0. The highest BCUT2D eigenvalue weighted by molar-refractivity contribution is 14.0. The van der Waals surface area contributed by atoms with E-state index in [2.05, 4.69) is 20.9 Å². The van der Waals surface area contributed by atoms with E-state index < -0.39 is 29.0 Å². The van der Waals surface area contributed by atoms with E-state index in [4.69, 9.17) is 0 Å². The highest BCUT2D eigenvalue weighted by atomic mass is 127. The van der Waals surface area contributed by atoms with Crippen molar-refractivity contribution in [3.8, 4) is 0 Å². The zero-order valence-corrected chi connectivity index (χ0v) is 15.2. The number of amides is 1. The first-order valence-electron chi connectivity index (χ1n) is 7.06. The molecule has 0 fully saturated rings. The maximum atomic E-state index is 13.5. The van der Waals surface area contributed by atoms with Gasteiger partial charge in [0.25, 0.3) is 0 Å². The monoisotopic (exact) mass is 454 g/mol. The first-order valence-corrected chi connectivity index (χ1v) is 7.06. The number of rotatable bonds is 4. The Hall–Kier alpha value is -1.78. The molecule has 0 aromatic heterocycles. The van der Waals surface area contributed by atoms with E-state index in [-0.39, 0.29) is 36.6 Å². The van der Waals surface area contributed by atoms with E-state index in [0.29, 0.717) is 5.96 Å². The van der Waals surface area contributed by atoms with Gasteiger partial charge in [-0.15, -0.1) is 24.0 Å². The third-order valence-electron chi connectivity index (χ3n) is 3.30. The SMILES string of the molecule is CN=C(NCC(=O)Nc1ccc(F)c(F)c1F)NC1CC=CC1.I. The number of guanidine groups is 1. The van der Waals surface area contributed by atoms with Crippen molar-refractivity contribution in [1.29, 1.82) is 0 Å². The molecule has 0 saturated carbocycles. The minimum atomic E-state index is -1.62. The number of nitrogens with zero attached hydrogens (tertiary/aromatic N) is 1. The van der Waals surface area contributed by atoms with Crippen LogP contribution in [0.1, 0.15) is 12.8 Å². The molecule has 1 amide bonds. The molecule has 1 aliphatic rings. The molecule has 0 saturated heterocycles. The first-order chi connectivity index (χ1) is 11.0. The Kier molecular flexibility index (Phi) is 8.02. The topological polar surface area (TPSA) is 65.5 Å². The van der Waals surface area contributed by atoms with E-state index in [1.807, 2.05) is 12.2 Å². The normalized spacial score (nSPS) is 14.2. The lowest BCUT2D eigenvalue weighted by Crippen LogP contribution is -2.45. The van der Waals surface area contributed by atoms with E-state index >= 15 is 0 Å². The number of hydrogen-bond donors (Lipinski definition) is 3. The van der Waals surface area contributed by atoms with Gasteiger partial charge in [-0.1, -0.05) is 12.2 Å². The van der Waals surface area contributed by atoms with Gasteiger partial charge in [-0.05, 0) is 25.0 Å². The van der Waals surface area contributed by atoms with Gasteiger partial charge in [-0.25, -0.2) is 13.2 Å². The fraction of sp³-hybridized carbons (Fsp3) is 0.333. The first kappa shape index (κ1) is 20.3. The van der Waals surface area contributed by atoms with Crippen molar-refractivity contribution in [2.75, 3.05) is 18.9 Å². The van der Waals surface area contributed by atoms with Gasteiger partial charge >= 0.3 is 0 Å². The maximum Gasteiger partial charge on any atom is 0.243 e. The number of anilines is 1. The lowest BCUT2D eigenvalue weighted by Gasteiger charge is -2.16. The zero-order chi connectivity index (χ0) is 16.8. The number of hydrogen-bond acceptors (Lipinski definition) is 2. The molecule has 0 aliphatic heterocycles. The van der Waals surface area contributed by atoms with Crippen molar-refractivity contribution in [3.63, 3.8) is 0 Å². The second-order valence-electron chi connectivity index (χ2n) is 4.98. The maximum absolute atomic E-state index is 13.5. The molecule has 9 heteroatoms. The molecule has 1 aliphatic carbocycles. The molecule has 2 rings (SSSR count). The molecule has 3 N–H and O–H groups in total. The van der Waals surface area contributed by atoms with Gasteiger partial charge in [0.05, 0.1) is 12.2 Å². The standard InChI is InChI=1S/C15H17F3N4O.HI/c1-19-15(21-9-4-2-3-5-9)20-8-12(23)22-11-7-6-10(16)13(17)14(11)18;/h2-3,6-7,9H,4-5,8H2,1H3,(H,22,23)(H2,19,20,21);1H. The Morgan fingerprint density at radius 1 is 1.21 bits per heavy atom. The van der Waals surface area contributed by atoms with Crippen LogP contribution in [0.5, 0.6) is 0 Å².